The highest BCUT2D eigenvalue weighted by Gasteiger charge is 2.42. The van der Waals surface area contributed by atoms with Crippen LogP contribution in [0.2, 0.25) is 0 Å². The highest BCUT2D eigenvalue weighted by Crippen LogP contribution is 2.35. The molecule has 1 aliphatic carbocycles. The highest BCUT2D eigenvalue weighted by molar-refractivity contribution is 5.79. The van der Waals surface area contributed by atoms with E-state index in [1.54, 1.807) is 0 Å². The number of ketones is 1. The number of hydrogen-bond donors (Lipinski definition) is 0. The van der Waals surface area contributed by atoms with Gasteiger partial charge < -0.3 is 0 Å². The van der Waals surface area contributed by atoms with Crippen LogP contribution in [-0.2, 0) is 4.79 Å². The smallest absolute Gasteiger partial charge is 0.300 e. The van der Waals surface area contributed by atoms with Crippen LogP contribution in [0.15, 0.2) is 0 Å². The van der Waals surface area contributed by atoms with E-state index in [1.807, 2.05) is 6.07 Å². The van der Waals surface area contributed by atoms with Crippen molar-refractivity contribution in [2.45, 2.75) is 63.3 Å². The largest absolute Gasteiger partial charge is 0.316 e. The summed E-state index contributed by atoms with van der Waals surface area (Å²) in [6, 6.07) is 1.92. The maximum Gasteiger partial charge on any atom is 0.316 e. The van der Waals surface area contributed by atoms with Crippen molar-refractivity contribution in [3.63, 3.8) is 0 Å². The highest BCUT2D eigenvalue weighted by atomic mass is 19.3. The fourth-order valence-electron chi connectivity index (χ4n) is 2.44. The van der Waals surface area contributed by atoms with Gasteiger partial charge in [-0.15, -0.1) is 0 Å². The third kappa shape index (κ3) is 4.95. The van der Waals surface area contributed by atoms with Gasteiger partial charge in [0.05, 0.1) is 0 Å². The molecule has 1 atom stereocenters. The third-order valence-corrected chi connectivity index (χ3v) is 3.69. The summed E-state index contributed by atoms with van der Waals surface area (Å²) < 4.78 is 25.8. The topological polar surface area (TPSA) is 45.2 Å². The summed E-state index contributed by atoms with van der Waals surface area (Å²) in [6.07, 6.45) is 2.04. The molecule has 1 fully saturated rings. The van der Waals surface area contributed by atoms with E-state index < -0.39 is 17.9 Å². The number of halogens is 2. The number of hydrogen-bond acceptors (Lipinski definition) is 2. The van der Waals surface area contributed by atoms with Crippen molar-refractivity contribution in [2.24, 2.45) is 5.92 Å². The first-order valence-corrected chi connectivity index (χ1v) is 6.50. The van der Waals surface area contributed by atoms with Gasteiger partial charge in [0.15, 0.2) is 6.07 Å². The predicted octanol–water partition coefficient (Wildman–Crippen LogP) is 3.75. The lowest BCUT2D eigenvalue weighted by Crippen LogP contribution is -2.30. The quantitative estimate of drug-likeness (QED) is 0.713. The van der Waals surface area contributed by atoms with Crippen LogP contribution < -0.4 is 0 Å². The standard InChI is InChI=1S/C14H18F2N2O/c1-13(15,16)7-8-14(10-17,18-2)9-11-3-5-12(19)6-4-11/h11H,3-9H2,1H3. The molecule has 0 aliphatic heterocycles. The average Bonchev–Trinajstić information content (AvgIpc) is 2.36. The van der Waals surface area contributed by atoms with Gasteiger partial charge >= 0.3 is 5.54 Å². The zero-order chi connectivity index (χ0) is 14.5. The summed E-state index contributed by atoms with van der Waals surface area (Å²) in [5.41, 5.74) is -1.36. The van der Waals surface area contributed by atoms with Crippen LogP contribution in [-0.4, -0.2) is 17.2 Å². The van der Waals surface area contributed by atoms with Crippen LogP contribution in [0.3, 0.4) is 0 Å². The Morgan fingerprint density at radius 2 is 2.00 bits per heavy atom. The number of alkyl halides is 2. The third-order valence-electron chi connectivity index (χ3n) is 3.69. The zero-order valence-corrected chi connectivity index (χ0v) is 11.1. The molecule has 0 heterocycles. The van der Waals surface area contributed by atoms with E-state index in [0.29, 0.717) is 32.1 Å². The molecule has 1 aliphatic rings. The molecule has 0 aromatic carbocycles. The molecule has 0 aromatic rings. The van der Waals surface area contributed by atoms with Gasteiger partial charge in [-0.3, -0.25) is 9.64 Å². The van der Waals surface area contributed by atoms with E-state index in [1.165, 1.54) is 0 Å². The SMILES string of the molecule is [C-]#[N+]C(C#N)(CCC(C)(F)F)CC1CCC(=O)CC1. The minimum Gasteiger partial charge on any atom is -0.300 e. The molecule has 1 unspecified atom stereocenters. The lowest BCUT2D eigenvalue weighted by Gasteiger charge is -2.25. The molecule has 1 rings (SSSR count). The van der Waals surface area contributed by atoms with Crippen LogP contribution in [0.4, 0.5) is 8.78 Å². The van der Waals surface area contributed by atoms with Gasteiger partial charge in [0, 0.05) is 32.1 Å². The van der Waals surface area contributed by atoms with E-state index in [9.17, 15) is 18.8 Å². The molecule has 0 bridgehead atoms. The first-order valence-electron chi connectivity index (χ1n) is 6.50. The Morgan fingerprint density at radius 1 is 1.42 bits per heavy atom. The van der Waals surface area contributed by atoms with Crippen LogP contribution in [0.5, 0.6) is 0 Å². The number of rotatable bonds is 5. The minimum absolute atomic E-state index is 0.110. The molecule has 19 heavy (non-hydrogen) atoms. The van der Waals surface area contributed by atoms with Crippen molar-refractivity contribution in [3.05, 3.63) is 11.4 Å². The van der Waals surface area contributed by atoms with Crippen molar-refractivity contribution >= 4 is 5.78 Å². The van der Waals surface area contributed by atoms with Crippen molar-refractivity contribution in [3.8, 4) is 6.07 Å². The summed E-state index contributed by atoms with van der Waals surface area (Å²) in [4.78, 5) is 14.5. The number of nitriles is 1. The van der Waals surface area contributed by atoms with Crippen LogP contribution in [0.1, 0.15) is 51.9 Å². The average molecular weight is 268 g/mol. The van der Waals surface area contributed by atoms with Crippen molar-refractivity contribution in [2.75, 3.05) is 0 Å². The van der Waals surface area contributed by atoms with E-state index in [4.69, 9.17) is 6.57 Å². The van der Waals surface area contributed by atoms with Crippen molar-refractivity contribution in [1.29, 1.82) is 5.26 Å². The predicted molar refractivity (Wildman–Crippen MR) is 66.4 cm³/mol. The normalized spacial score (nSPS) is 20.4. The monoisotopic (exact) mass is 268 g/mol. The molecule has 0 saturated heterocycles. The molecule has 0 N–H and O–H groups in total. The van der Waals surface area contributed by atoms with Gasteiger partial charge in [-0.2, -0.15) is 5.26 Å². The van der Waals surface area contributed by atoms with Gasteiger partial charge in [0.1, 0.15) is 5.78 Å². The Labute approximate surface area is 112 Å². The van der Waals surface area contributed by atoms with E-state index in [2.05, 4.69) is 4.85 Å². The first kappa shape index (κ1) is 15.6. The van der Waals surface area contributed by atoms with Gasteiger partial charge in [0.2, 0.25) is 5.92 Å². The lowest BCUT2D eigenvalue weighted by molar-refractivity contribution is -0.121. The van der Waals surface area contributed by atoms with Gasteiger partial charge in [-0.25, -0.2) is 15.4 Å². The molecular weight excluding hydrogens is 250 g/mol. The first-order chi connectivity index (χ1) is 8.80. The molecule has 104 valence electrons. The molecule has 1 saturated carbocycles. The maximum atomic E-state index is 12.9. The summed E-state index contributed by atoms with van der Waals surface area (Å²) in [5.74, 6) is -2.52. The Bertz CT molecular complexity index is 391. The van der Waals surface area contributed by atoms with Crippen molar-refractivity contribution in [1.82, 2.24) is 0 Å². The molecule has 0 aromatic heterocycles. The summed E-state index contributed by atoms with van der Waals surface area (Å²) >= 11 is 0. The van der Waals surface area contributed by atoms with Gasteiger partial charge in [-0.1, -0.05) is 0 Å². The fourth-order valence-corrected chi connectivity index (χ4v) is 2.44. The van der Waals surface area contributed by atoms with Gasteiger partial charge in [0.25, 0.3) is 0 Å². The number of carbonyl (C=O) groups excluding carboxylic acids is 1. The number of carbonyl (C=O) groups is 1. The van der Waals surface area contributed by atoms with Crippen LogP contribution in [0, 0.1) is 23.8 Å². The molecule has 0 amide bonds. The number of nitrogens with zero attached hydrogens (tertiary/aromatic N) is 2. The molecular formula is C14H18F2N2O. The summed E-state index contributed by atoms with van der Waals surface area (Å²) in [5, 5.41) is 9.18. The molecule has 3 nitrogen and oxygen atoms in total. The maximum absolute atomic E-state index is 12.9. The van der Waals surface area contributed by atoms with E-state index >= 15 is 0 Å². The lowest BCUT2D eigenvalue weighted by atomic mass is 9.78. The van der Waals surface area contributed by atoms with E-state index in [0.717, 1.165) is 6.92 Å². The Morgan fingerprint density at radius 3 is 2.42 bits per heavy atom. The van der Waals surface area contributed by atoms with E-state index in [-0.39, 0.29) is 18.1 Å². The zero-order valence-electron chi connectivity index (χ0n) is 11.1. The second-order valence-corrected chi connectivity index (χ2v) is 5.51. The molecule has 0 spiro atoms. The van der Waals surface area contributed by atoms with Crippen LogP contribution >= 0.6 is 0 Å². The summed E-state index contributed by atoms with van der Waals surface area (Å²) in [7, 11) is 0. The molecule has 5 heteroatoms. The number of Topliss-reactive ketones (excluding diaryl/α,β-unsaturated/α-hetero) is 1. The Hall–Kier alpha value is -1.49. The van der Waals surface area contributed by atoms with Crippen molar-refractivity contribution < 1.29 is 13.6 Å². The summed E-state index contributed by atoms with van der Waals surface area (Å²) in [6.45, 7) is 7.97. The second kappa shape index (κ2) is 6.10. The second-order valence-electron chi connectivity index (χ2n) is 5.51. The Balaban J connectivity index is 2.64. The van der Waals surface area contributed by atoms with Crippen LogP contribution in [0.25, 0.3) is 4.85 Å². The Kier molecular flexibility index (Phi) is 5.00. The molecule has 0 radical (unpaired) electrons. The van der Waals surface area contributed by atoms with Gasteiger partial charge in [-0.05, 0) is 25.7 Å². The minimum atomic E-state index is -2.85. The fraction of sp³-hybridized carbons (Fsp3) is 0.786.